The van der Waals surface area contributed by atoms with Crippen molar-refractivity contribution in [1.82, 2.24) is 15.3 Å². The van der Waals surface area contributed by atoms with Gasteiger partial charge in [-0.25, -0.2) is 9.97 Å². The van der Waals surface area contributed by atoms with E-state index in [2.05, 4.69) is 15.3 Å². The molecule has 2 heterocycles. The Morgan fingerprint density at radius 3 is 2.74 bits per heavy atom. The lowest BCUT2D eigenvalue weighted by molar-refractivity contribution is 0.430. The number of thioether (sulfide) groups is 1. The molecule has 1 aromatic heterocycles. The van der Waals surface area contributed by atoms with Gasteiger partial charge in [-0.3, -0.25) is 0 Å². The van der Waals surface area contributed by atoms with E-state index in [-0.39, 0.29) is 0 Å². The number of nitrogens with one attached hydrogen (secondary N) is 1. The van der Waals surface area contributed by atoms with Gasteiger partial charge in [-0.15, -0.1) is 11.8 Å². The van der Waals surface area contributed by atoms with Crippen LogP contribution in [0, 0.1) is 0 Å². The van der Waals surface area contributed by atoms with Gasteiger partial charge in [0.05, 0.1) is 11.0 Å². The number of fused-ring (bicyclic) bond motifs is 1. The fraction of sp³-hybridized carbons (Fsp3) is 0.429. The van der Waals surface area contributed by atoms with Crippen molar-refractivity contribution in [2.75, 3.05) is 12.3 Å². The third kappa shape index (κ3) is 3.19. The van der Waals surface area contributed by atoms with Crippen LogP contribution in [-0.2, 0) is 0 Å². The van der Waals surface area contributed by atoms with Crippen molar-refractivity contribution >= 4 is 34.4 Å². The normalized spacial score (nSPS) is 19.7. The molecule has 0 aliphatic carbocycles. The molecular weight excluding hydrogens is 278 g/mol. The first-order chi connectivity index (χ1) is 9.33. The second-order valence-corrected chi connectivity index (χ2v) is 6.13. The van der Waals surface area contributed by atoms with Gasteiger partial charge in [0.25, 0.3) is 0 Å². The second kappa shape index (κ2) is 6.07. The molecule has 1 saturated heterocycles. The molecule has 1 N–H and O–H groups in total. The molecule has 2 aromatic rings. The first kappa shape index (κ1) is 13.2. The molecule has 1 fully saturated rings. The van der Waals surface area contributed by atoms with Gasteiger partial charge in [-0.2, -0.15) is 0 Å². The van der Waals surface area contributed by atoms with Crippen LogP contribution in [0.5, 0.6) is 0 Å². The van der Waals surface area contributed by atoms with Crippen molar-refractivity contribution in [3.8, 4) is 0 Å². The van der Waals surface area contributed by atoms with Crippen LogP contribution in [0.4, 0.5) is 0 Å². The van der Waals surface area contributed by atoms with E-state index in [9.17, 15) is 0 Å². The number of hydrogen-bond acceptors (Lipinski definition) is 4. The molecule has 0 amide bonds. The summed E-state index contributed by atoms with van der Waals surface area (Å²) in [4.78, 5) is 9.00. The molecule has 19 heavy (non-hydrogen) atoms. The van der Waals surface area contributed by atoms with Crippen LogP contribution >= 0.6 is 23.4 Å². The number of para-hydroxylation sites is 2. The molecule has 1 aromatic carbocycles. The van der Waals surface area contributed by atoms with Gasteiger partial charge in [0.15, 0.2) is 5.15 Å². The maximum Gasteiger partial charge on any atom is 0.161 e. The molecule has 0 unspecified atom stereocenters. The summed E-state index contributed by atoms with van der Waals surface area (Å²) in [5.74, 6) is 1.01. The second-order valence-electron chi connectivity index (χ2n) is 4.77. The molecule has 5 heteroatoms. The number of halogens is 1. The predicted molar refractivity (Wildman–Crippen MR) is 80.9 cm³/mol. The molecular formula is C14H16ClN3S. The predicted octanol–water partition coefficient (Wildman–Crippen LogP) is 3.52. The van der Waals surface area contributed by atoms with Gasteiger partial charge in [0.2, 0.25) is 0 Å². The number of hydrogen-bond donors (Lipinski definition) is 1. The summed E-state index contributed by atoms with van der Waals surface area (Å²) in [6.45, 7) is 1.13. The number of nitrogens with zero attached hydrogens (tertiary/aromatic N) is 2. The lowest BCUT2D eigenvalue weighted by atomic mass is 10.1. The lowest BCUT2D eigenvalue weighted by Gasteiger charge is -2.22. The molecule has 0 saturated carbocycles. The van der Waals surface area contributed by atoms with E-state index >= 15 is 0 Å². The van der Waals surface area contributed by atoms with E-state index in [4.69, 9.17) is 11.6 Å². The SMILES string of the molecule is Clc1nc2ccccc2nc1SC[C@H]1CCCCN1. The summed E-state index contributed by atoms with van der Waals surface area (Å²) in [6.07, 6.45) is 3.85. The van der Waals surface area contributed by atoms with E-state index in [0.717, 1.165) is 28.4 Å². The van der Waals surface area contributed by atoms with Gasteiger partial charge < -0.3 is 5.32 Å². The zero-order valence-corrected chi connectivity index (χ0v) is 12.2. The maximum atomic E-state index is 6.21. The van der Waals surface area contributed by atoms with Crippen molar-refractivity contribution in [3.63, 3.8) is 0 Å². The molecule has 1 aliphatic heterocycles. The molecule has 0 bridgehead atoms. The first-order valence-electron chi connectivity index (χ1n) is 6.61. The monoisotopic (exact) mass is 293 g/mol. The van der Waals surface area contributed by atoms with Crippen molar-refractivity contribution in [3.05, 3.63) is 29.4 Å². The van der Waals surface area contributed by atoms with Crippen molar-refractivity contribution < 1.29 is 0 Å². The van der Waals surface area contributed by atoms with E-state index < -0.39 is 0 Å². The van der Waals surface area contributed by atoms with Crippen LogP contribution < -0.4 is 5.32 Å². The Balaban J connectivity index is 1.74. The Hall–Kier alpha value is -0.840. The average molecular weight is 294 g/mol. The van der Waals surface area contributed by atoms with Gasteiger partial charge in [0, 0.05) is 11.8 Å². The largest absolute Gasteiger partial charge is 0.313 e. The summed E-state index contributed by atoms with van der Waals surface area (Å²) < 4.78 is 0. The van der Waals surface area contributed by atoms with Gasteiger partial charge in [-0.05, 0) is 31.5 Å². The minimum absolute atomic E-state index is 0.513. The van der Waals surface area contributed by atoms with Crippen molar-refractivity contribution in [1.29, 1.82) is 0 Å². The Labute approximate surface area is 122 Å². The molecule has 3 nitrogen and oxygen atoms in total. The average Bonchev–Trinajstić information content (AvgIpc) is 2.46. The highest BCUT2D eigenvalue weighted by Gasteiger charge is 2.14. The fourth-order valence-corrected chi connectivity index (χ4v) is 3.57. The summed E-state index contributed by atoms with van der Waals surface area (Å²) in [5.41, 5.74) is 1.76. The molecule has 0 radical (unpaired) electrons. The highest BCUT2D eigenvalue weighted by molar-refractivity contribution is 7.99. The lowest BCUT2D eigenvalue weighted by Crippen LogP contribution is -2.35. The van der Waals surface area contributed by atoms with Crippen LogP contribution in [0.15, 0.2) is 29.3 Å². The van der Waals surface area contributed by atoms with Gasteiger partial charge >= 0.3 is 0 Å². The number of aromatic nitrogens is 2. The van der Waals surface area contributed by atoms with Crippen LogP contribution in [0.25, 0.3) is 11.0 Å². The topological polar surface area (TPSA) is 37.8 Å². The summed E-state index contributed by atoms with van der Waals surface area (Å²) in [7, 11) is 0. The van der Waals surface area contributed by atoms with Gasteiger partial charge in [0.1, 0.15) is 5.03 Å². The molecule has 100 valence electrons. The maximum absolute atomic E-state index is 6.21. The zero-order chi connectivity index (χ0) is 13.1. The van der Waals surface area contributed by atoms with Crippen LogP contribution in [0.3, 0.4) is 0 Å². The van der Waals surface area contributed by atoms with Crippen molar-refractivity contribution in [2.45, 2.75) is 30.3 Å². The number of piperidine rings is 1. The summed E-state index contributed by atoms with van der Waals surface area (Å²) in [5, 5.41) is 4.89. The molecule has 3 rings (SSSR count). The summed E-state index contributed by atoms with van der Waals surface area (Å²) in [6, 6.07) is 8.41. The first-order valence-corrected chi connectivity index (χ1v) is 7.98. The quantitative estimate of drug-likeness (QED) is 0.879. The smallest absolute Gasteiger partial charge is 0.161 e. The number of rotatable bonds is 3. The fourth-order valence-electron chi connectivity index (χ4n) is 2.30. The van der Waals surface area contributed by atoms with E-state index in [0.29, 0.717) is 11.2 Å². The van der Waals surface area contributed by atoms with Crippen LogP contribution in [0.1, 0.15) is 19.3 Å². The highest BCUT2D eigenvalue weighted by atomic mass is 35.5. The molecule has 1 aliphatic rings. The Morgan fingerprint density at radius 1 is 1.21 bits per heavy atom. The molecule has 0 spiro atoms. The summed E-state index contributed by atoms with van der Waals surface area (Å²) >= 11 is 7.91. The van der Waals surface area contributed by atoms with E-state index in [1.165, 1.54) is 19.3 Å². The Bertz CT molecular complexity index is 570. The Morgan fingerprint density at radius 2 is 2.00 bits per heavy atom. The van der Waals surface area contributed by atoms with Crippen LogP contribution in [-0.4, -0.2) is 28.3 Å². The standard InChI is InChI=1S/C14H16ClN3S/c15-13-14(19-9-10-5-3-4-8-16-10)18-12-7-2-1-6-11(12)17-13/h1-2,6-7,10,16H,3-5,8-9H2/t10-/m1/s1. The number of benzene rings is 1. The Kier molecular flexibility index (Phi) is 4.21. The van der Waals surface area contributed by atoms with E-state index in [1.807, 2.05) is 24.3 Å². The minimum Gasteiger partial charge on any atom is -0.313 e. The minimum atomic E-state index is 0.513. The van der Waals surface area contributed by atoms with Gasteiger partial charge in [-0.1, -0.05) is 30.2 Å². The molecule has 1 atom stereocenters. The van der Waals surface area contributed by atoms with E-state index in [1.54, 1.807) is 11.8 Å². The highest BCUT2D eigenvalue weighted by Crippen LogP contribution is 2.27. The van der Waals surface area contributed by atoms with Crippen molar-refractivity contribution in [2.24, 2.45) is 0 Å². The zero-order valence-electron chi connectivity index (χ0n) is 10.6. The third-order valence-electron chi connectivity index (χ3n) is 3.33. The van der Waals surface area contributed by atoms with Crippen LogP contribution in [0.2, 0.25) is 5.15 Å². The third-order valence-corrected chi connectivity index (χ3v) is 4.84.